The van der Waals surface area contributed by atoms with Crippen LogP contribution in [0.5, 0.6) is 0 Å². The molecule has 0 aliphatic heterocycles. The van der Waals surface area contributed by atoms with Crippen LogP contribution < -0.4 is 0 Å². The quantitative estimate of drug-likeness (QED) is 0.477. The van der Waals surface area contributed by atoms with Gasteiger partial charge in [-0.3, -0.25) is 20.2 Å². The Balaban J connectivity index is 2.51. The van der Waals surface area contributed by atoms with E-state index in [-0.39, 0.29) is 5.69 Å². The molecular formula is C12H8N4O4. The summed E-state index contributed by atoms with van der Waals surface area (Å²) in [6.07, 6.45) is 0. The first-order chi connectivity index (χ1) is 9.59. The summed E-state index contributed by atoms with van der Waals surface area (Å²) in [5.74, 6) is 0. The Morgan fingerprint density at radius 1 is 0.750 bits per heavy atom. The van der Waals surface area contributed by atoms with E-state index in [4.69, 9.17) is 0 Å². The molecule has 0 N–H and O–H groups in total. The second-order valence-electron chi connectivity index (χ2n) is 3.69. The van der Waals surface area contributed by atoms with E-state index in [2.05, 4.69) is 10.2 Å². The van der Waals surface area contributed by atoms with E-state index < -0.39 is 21.2 Å². The van der Waals surface area contributed by atoms with Gasteiger partial charge in [0, 0.05) is 12.1 Å². The van der Waals surface area contributed by atoms with Crippen LogP contribution in [0.1, 0.15) is 0 Å². The van der Waals surface area contributed by atoms with Gasteiger partial charge in [0.05, 0.1) is 15.5 Å². The van der Waals surface area contributed by atoms with Crippen molar-refractivity contribution in [3.8, 4) is 0 Å². The maximum absolute atomic E-state index is 10.9. The molecule has 0 unspecified atom stereocenters. The van der Waals surface area contributed by atoms with Crippen LogP contribution >= 0.6 is 0 Å². The van der Waals surface area contributed by atoms with Crippen molar-refractivity contribution < 1.29 is 9.85 Å². The summed E-state index contributed by atoms with van der Waals surface area (Å²) in [6, 6.07) is 12.0. The molecule has 0 aliphatic carbocycles. The largest absolute Gasteiger partial charge is 0.303 e. The Hall–Kier alpha value is -3.16. The minimum atomic E-state index is -0.730. The summed E-state index contributed by atoms with van der Waals surface area (Å²) in [6.45, 7) is 0. The normalized spacial score (nSPS) is 10.6. The summed E-state index contributed by atoms with van der Waals surface area (Å²) in [4.78, 5) is 20.3. The lowest BCUT2D eigenvalue weighted by Gasteiger charge is -1.98. The zero-order valence-corrected chi connectivity index (χ0v) is 10.0. The van der Waals surface area contributed by atoms with Gasteiger partial charge in [-0.2, -0.15) is 5.11 Å². The molecule has 8 nitrogen and oxygen atoms in total. The highest BCUT2D eigenvalue weighted by molar-refractivity contribution is 5.69. The molecule has 0 amide bonds. The van der Waals surface area contributed by atoms with Gasteiger partial charge >= 0.3 is 11.4 Å². The smallest absolute Gasteiger partial charge is 0.258 e. The number of hydrogen-bond donors (Lipinski definition) is 0. The topological polar surface area (TPSA) is 111 Å². The summed E-state index contributed by atoms with van der Waals surface area (Å²) in [5, 5.41) is 29.2. The van der Waals surface area contributed by atoms with Gasteiger partial charge in [-0.15, -0.1) is 5.11 Å². The second kappa shape index (κ2) is 5.65. The lowest BCUT2D eigenvalue weighted by molar-refractivity contribution is -0.392. The molecule has 0 bridgehead atoms. The summed E-state index contributed by atoms with van der Waals surface area (Å²) >= 11 is 0. The number of nitro benzene ring substituents is 2. The van der Waals surface area contributed by atoms with Gasteiger partial charge in [-0.1, -0.05) is 18.2 Å². The molecule has 8 heteroatoms. The molecule has 20 heavy (non-hydrogen) atoms. The molecule has 2 rings (SSSR count). The molecular weight excluding hydrogens is 264 g/mol. The van der Waals surface area contributed by atoms with Crippen LogP contribution in [0.15, 0.2) is 58.8 Å². The molecule has 0 aliphatic rings. The molecule has 0 saturated carbocycles. The monoisotopic (exact) mass is 272 g/mol. The van der Waals surface area contributed by atoms with Gasteiger partial charge in [0.2, 0.25) is 5.69 Å². The maximum Gasteiger partial charge on any atom is 0.303 e. The molecule has 0 aromatic heterocycles. The zero-order chi connectivity index (χ0) is 14.5. The number of hydrogen-bond acceptors (Lipinski definition) is 6. The average Bonchev–Trinajstić information content (AvgIpc) is 2.45. The van der Waals surface area contributed by atoms with E-state index in [1.807, 2.05) is 0 Å². The van der Waals surface area contributed by atoms with Crippen LogP contribution in [0, 0.1) is 20.2 Å². The number of nitro groups is 2. The predicted octanol–water partition coefficient (Wildman–Crippen LogP) is 3.92. The Morgan fingerprint density at radius 3 is 1.80 bits per heavy atom. The Morgan fingerprint density at radius 2 is 1.30 bits per heavy atom. The highest BCUT2D eigenvalue weighted by Crippen LogP contribution is 2.37. The van der Waals surface area contributed by atoms with Crippen molar-refractivity contribution in [2.75, 3.05) is 0 Å². The van der Waals surface area contributed by atoms with E-state index in [0.29, 0.717) is 5.69 Å². The third-order valence-corrected chi connectivity index (χ3v) is 2.41. The van der Waals surface area contributed by atoms with E-state index in [9.17, 15) is 20.2 Å². The van der Waals surface area contributed by atoms with E-state index in [1.165, 1.54) is 6.07 Å². The first-order valence-corrected chi connectivity index (χ1v) is 5.48. The van der Waals surface area contributed by atoms with Crippen LogP contribution in [0.25, 0.3) is 0 Å². The fourth-order valence-electron chi connectivity index (χ4n) is 1.52. The third kappa shape index (κ3) is 2.80. The van der Waals surface area contributed by atoms with Crippen LogP contribution in [0.3, 0.4) is 0 Å². The van der Waals surface area contributed by atoms with Crippen molar-refractivity contribution in [2.24, 2.45) is 10.2 Å². The summed E-state index contributed by atoms with van der Waals surface area (Å²) in [7, 11) is 0. The molecule has 100 valence electrons. The fraction of sp³-hybridized carbons (Fsp3) is 0. The molecule has 0 radical (unpaired) electrons. The van der Waals surface area contributed by atoms with Gasteiger partial charge in [0.1, 0.15) is 0 Å². The minimum Gasteiger partial charge on any atom is -0.258 e. The van der Waals surface area contributed by atoms with Gasteiger partial charge in [-0.05, 0) is 18.2 Å². The van der Waals surface area contributed by atoms with Crippen molar-refractivity contribution >= 4 is 22.7 Å². The first kappa shape index (κ1) is 13.3. The Kier molecular flexibility index (Phi) is 3.75. The van der Waals surface area contributed by atoms with Crippen LogP contribution in [0.4, 0.5) is 22.7 Å². The van der Waals surface area contributed by atoms with Crippen molar-refractivity contribution in [1.29, 1.82) is 0 Å². The summed E-state index contributed by atoms with van der Waals surface area (Å²) < 4.78 is 0. The Bertz CT molecular complexity index is 653. The zero-order valence-electron chi connectivity index (χ0n) is 10.0. The molecule has 0 heterocycles. The average molecular weight is 272 g/mol. The molecule has 0 saturated heterocycles. The first-order valence-electron chi connectivity index (χ1n) is 5.48. The maximum atomic E-state index is 10.9. The number of rotatable bonds is 4. The van der Waals surface area contributed by atoms with Crippen molar-refractivity contribution in [1.82, 2.24) is 0 Å². The number of azo groups is 1. The van der Waals surface area contributed by atoms with Crippen molar-refractivity contribution in [3.63, 3.8) is 0 Å². The molecule has 2 aromatic carbocycles. The SMILES string of the molecule is O=[N+]([O-])c1cccc([N+](=O)[O-])c1N=Nc1ccccc1. The van der Waals surface area contributed by atoms with Gasteiger partial charge in [-0.25, -0.2) is 0 Å². The lowest BCUT2D eigenvalue weighted by atomic mass is 10.2. The highest BCUT2D eigenvalue weighted by Gasteiger charge is 2.24. The van der Waals surface area contributed by atoms with E-state index in [1.54, 1.807) is 30.3 Å². The molecule has 2 aromatic rings. The predicted molar refractivity (Wildman–Crippen MR) is 70.4 cm³/mol. The number of nitrogens with zero attached hydrogens (tertiary/aromatic N) is 4. The molecule has 0 spiro atoms. The van der Waals surface area contributed by atoms with Gasteiger partial charge < -0.3 is 0 Å². The van der Waals surface area contributed by atoms with Gasteiger partial charge in [0.25, 0.3) is 0 Å². The third-order valence-electron chi connectivity index (χ3n) is 2.41. The van der Waals surface area contributed by atoms with E-state index in [0.717, 1.165) is 12.1 Å². The molecule has 0 atom stereocenters. The summed E-state index contributed by atoms with van der Waals surface area (Å²) in [5.41, 5.74) is -0.843. The van der Waals surface area contributed by atoms with Crippen LogP contribution in [-0.4, -0.2) is 9.85 Å². The standard InChI is InChI=1S/C12H8N4O4/c17-15(18)10-7-4-8-11(16(19)20)12(10)14-13-9-5-2-1-3-6-9/h1-8H. The lowest BCUT2D eigenvalue weighted by Crippen LogP contribution is -1.93. The highest BCUT2D eigenvalue weighted by atomic mass is 16.6. The fourth-order valence-corrected chi connectivity index (χ4v) is 1.52. The Labute approximate surface area is 112 Å². The minimum absolute atomic E-state index is 0.369. The van der Waals surface area contributed by atoms with Gasteiger partial charge in [0.15, 0.2) is 0 Å². The van der Waals surface area contributed by atoms with Crippen molar-refractivity contribution in [2.45, 2.75) is 0 Å². The van der Waals surface area contributed by atoms with Crippen molar-refractivity contribution in [3.05, 3.63) is 68.8 Å². The number of benzene rings is 2. The van der Waals surface area contributed by atoms with Crippen LogP contribution in [-0.2, 0) is 0 Å². The van der Waals surface area contributed by atoms with Crippen LogP contribution in [0.2, 0.25) is 0 Å². The van der Waals surface area contributed by atoms with E-state index >= 15 is 0 Å². The molecule has 0 fully saturated rings. The second-order valence-corrected chi connectivity index (χ2v) is 3.69.